The van der Waals surface area contributed by atoms with Crippen molar-refractivity contribution in [1.82, 2.24) is 14.3 Å². The summed E-state index contributed by atoms with van der Waals surface area (Å²) < 4.78 is 13.9. The van der Waals surface area contributed by atoms with Crippen molar-refractivity contribution in [2.45, 2.75) is 46.3 Å². The van der Waals surface area contributed by atoms with Gasteiger partial charge >= 0.3 is 0 Å². The van der Waals surface area contributed by atoms with Gasteiger partial charge in [0.05, 0.1) is 17.9 Å². The topological polar surface area (TPSA) is 56.1 Å². The fourth-order valence-electron chi connectivity index (χ4n) is 3.56. The number of aromatic nitrogens is 2. The Kier molecular flexibility index (Phi) is 4.57. The summed E-state index contributed by atoms with van der Waals surface area (Å²) >= 11 is 1.65. The minimum Gasteiger partial charge on any atom is -0.483 e. The maximum absolute atomic E-state index is 12.7. The molecule has 0 fully saturated rings. The molecule has 148 valence electrons. The van der Waals surface area contributed by atoms with Gasteiger partial charge in [-0.3, -0.25) is 9.20 Å². The fourth-order valence-corrected chi connectivity index (χ4v) is 4.45. The largest absolute Gasteiger partial charge is 0.483 e. The van der Waals surface area contributed by atoms with E-state index in [4.69, 9.17) is 9.47 Å². The van der Waals surface area contributed by atoms with Crippen LogP contribution in [0.2, 0.25) is 0 Å². The monoisotopic (exact) mass is 399 g/mol. The van der Waals surface area contributed by atoms with Crippen LogP contribution in [0.3, 0.4) is 0 Å². The zero-order chi connectivity index (χ0) is 20.1. The molecule has 0 atom stereocenters. The number of thiazole rings is 1. The Bertz CT molecular complexity index is 1050. The van der Waals surface area contributed by atoms with Gasteiger partial charge in [-0.15, -0.1) is 11.3 Å². The molecule has 4 rings (SSSR count). The van der Waals surface area contributed by atoms with Crippen LogP contribution in [0.25, 0.3) is 4.96 Å². The Labute approximate surface area is 168 Å². The van der Waals surface area contributed by atoms with Gasteiger partial charge in [-0.2, -0.15) is 0 Å². The molecule has 0 saturated heterocycles. The van der Waals surface area contributed by atoms with Crippen LogP contribution in [0.4, 0.5) is 0 Å². The van der Waals surface area contributed by atoms with Gasteiger partial charge in [-0.1, -0.05) is 12.1 Å². The van der Waals surface area contributed by atoms with E-state index in [9.17, 15) is 4.79 Å². The molecule has 28 heavy (non-hydrogen) atoms. The number of ether oxygens (including phenoxy) is 2. The fraction of sp³-hybridized carbons (Fsp3) is 0.429. The molecule has 7 heteroatoms. The van der Waals surface area contributed by atoms with Gasteiger partial charge in [0, 0.05) is 30.1 Å². The molecule has 1 aromatic carbocycles. The van der Waals surface area contributed by atoms with Gasteiger partial charge in [0.15, 0.2) is 23.1 Å². The molecule has 1 aliphatic heterocycles. The first kappa shape index (κ1) is 18.8. The van der Waals surface area contributed by atoms with Crippen LogP contribution < -0.4 is 9.47 Å². The van der Waals surface area contributed by atoms with Crippen LogP contribution in [0.1, 0.15) is 35.7 Å². The first-order valence-electron chi connectivity index (χ1n) is 9.35. The number of rotatable bonds is 5. The lowest BCUT2D eigenvalue weighted by molar-refractivity contribution is -0.132. The standard InChI is InChI=1S/C21H25N3O3S/c1-13-10-24-16(14(2)22-20(24)28-13)11-23(5)18(25)12-26-17-8-6-7-15-9-21(3,4)27-19(15)17/h6-8,10H,9,11-12H2,1-5H3. The lowest BCUT2D eigenvalue weighted by Crippen LogP contribution is -2.31. The highest BCUT2D eigenvalue weighted by Crippen LogP contribution is 2.41. The normalized spacial score (nSPS) is 14.8. The van der Waals surface area contributed by atoms with E-state index in [-0.39, 0.29) is 18.1 Å². The molecule has 0 spiro atoms. The molecular weight excluding hydrogens is 374 g/mol. The number of hydrogen-bond acceptors (Lipinski definition) is 5. The summed E-state index contributed by atoms with van der Waals surface area (Å²) in [4.78, 5) is 21.1. The van der Waals surface area contributed by atoms with Crippen LogP contribution in [0.15, 0.2) is 24.4 Å². The average molecular weight is 400 g/mol. The van der Waals surface area contributed by atoms with Crippen molar-refractivity contribution >= 4 is 22.2 Å². The number of hydrogen-bond donors (Lipinski definition) is 0. The number of benzene rings is 1. The Morgan fingerprint density at radius 1 is 1.39 bits per heavy atom. The van der Waals surface area contributed by atoms with Crippen molar-refractivity contribution in [3.63, 3.8) is 0 Å². The van der Waals surface area contributed by atoms with Crippen molar-refractivity contribution in [3.8, 4) is 11.5 Å². The van der Waals surface area contributed by atoms with Crippen molar-refractivity contribution in [1.29, 1.82) is 0 Å². The first-order valence-corrected chi connectivity index (χ1v) is 10.2. The number of nitrogens with zero attached hydrogens (tertiary/aromatic N) is 3. The van der Waals surface area contributed by atoms with Crippen LogP contribution in [-0.2, 0) is 17.8 Å². The Morgan fingerprint density at radius 2 is 2.18 bits per heavy atom. The minimum atomic E-state index is -0.244. The average Bonchev–Trinajstić information content (AvgIpc) is 3.22. The third-order valence-corrected chi connectivity index (χ3v) is 5.86. The molecule has 0 unspecified atom stereocenters. The van der Waals surface area contributed by atoms with Gasteiger partial charge in [0.25, 0.3) is 5.91 Å². The van der Waals surface area contributed by atoms with Crippen molar-refractivity contribution in [3.05, 3.63) is 46.2 Å². The third kappa shape index (κ3) is 3.46. The van der Waals surface area contributed by atoms with Crippen molar-refractivity contribution in [2.24, 2.45) is 0 Å². The molecule has 0 aliphatic carbocycles. The van der Waals surface area contributed by atoms with E-state index < -0.39 is 0 Å². The van der Waals surface area contributed by atoms with Gasteiger partial charge < -0.3 is 14.4 Å². The van der Waals surface area contributed by atoms with Crippen LogP contribution >= 0.6 is 11.3 Å². The molecule has 3 aromatic rings. The van der Waals surface area contributed by atoms with Gasteiger partial charge in [0.1, 0.15) is 5.60 Å². The number of fused-ring (bicyclic) bond motifs is 2. The second kappa shape index (κ2) is 6.81. The summed E-state index contributed by atoms with van der Waals surface area (Å²) in [6, 6.07) is 5.84. The molecule has 2 aromatic heterocycles. The van der Waals surface area contributed by atoms with E-state index in [0.717, 1.165) is 34.1 Å². The summed E-state index contributed by atoms with van der Waals surface area (Å²) in [6.45, 7) is 8.60. The number of amides is 1. The number of carbonyl (C=O) groups excluding carboxylic acids is 1. The first-order chi connectivity index (χ1) is 13.2. The second-order valence-corrected chi connectivity index (χ2v) is 9.17. The number of imidazole rings is 1. The molecule has 0 N–H and O–H groups in total. The summed E-state index contributed by atoms with van der Waals surface area (Å²) in [5, 5.41) is 0. The summed E-state index contributed by atoms with van der Waals surface area (Å²) in [6.07, 6.45) is 2.90. The van der Waals surface area contributed by atoms with Crippen LogP contribution in [0, 0.1) is 13.8 Å². The maximum atomic E-state index is 12.7. The number of likely N-dealkylation sites (N-methyl/N-ethyl adjacent to an activating group) is 1. The van der Waals surface area contributed by atoms with E-state index in [0.29, 0.717) is 12.3 Å². The van der Waals surface area contributed by atoms with Crippen LogP contribution in [0.5, 0.6) is 11.5 Å². The highest BCUT2D eigenvalue weighted by Gasteiger charge is 2.32. The van der Waals surface area contributed by atoms with E-state index in [1.807, 2.05) is 25.1 Å². The van der Waals surface area contributed by atoms with E-state index >= 15 is 0 Å². The van der Waals surface area contributed by atoms with E-state index in [1.165, 1.54) is 4.88 Å². The Morgan fingerprint density at radius 3 is 2.96 bits per heavy atom. The van der Waals surface area contributed by atoms with E-state index in [1.54, 1.807) is 23.3 Å². The maximum Gasteiger partial charge on any atom is 0.260 e. The Balaban J connectivity index is 1.43. The quantitative estimate of drug-likeness (QED) is 0.655. The van der Waals surface area contributed by atoms with Crippen molar-refractivity contribution in [2.75, 3.05) is 13.7 Å². The number of para-hydroxylation sites is 1. The molecule has 0 bridgehead atoms. The molecule has 0 radical (unpaired) electrons. The summed E-state index contributed by atoms with van der Waals surface area (Å²) in [5.74, 6) is 1.29. The number of aryl methyl sites for hydroxylation is 2. The zero-order valence-corrected chi connectivity index (χ0v) is 17.7. The summed E-state index contributed by atoms with van der Waals surface area (Å²) in [5.41, 5.74) is 2.85. The molecule has 1 amide bonds. The SMILES string of the molecule is Cc1cn2c(CN(C)C(=O)COc3cccc4c3OC(C)(C)C4)c(C)nc2s1. The lowest BCUT2D eigenvalue weighted by atomic mass is 10.0. The van der Waals surface area contributed by atoms with Gasteiger partial charge in [-0.05, 0) is 33.8 Å². The molecule has 1 aliphatic rings. The van der Waals surface area contributed by atoms with Gasteiger partial charge in [0.2, 0.25) is 0 Å². The summed E-state index contributed by atoms with van der Waals surface area (Å²) in [7, 11) is 1.79. The van der Waals surface area contributed by atoms with Crippen LogP contribution in [-0.4, -0.2) is 39.4 Å². The Hall–Kier alpha value is -2.54. The number of carbonyl (C=O) groups is 1. The second-order valence-electron chi connectivity index (χ2n) is 7.96. The lowest BCUT2D eigenvalue weighted by Gasteiger charge is -2.20. The molecule has 0 saturated carbocycles. The van der Waals surface area contributed by atoms with E-state index in [2.05, 4.69) is 36.4 Å². The predicted octanol–water partition coefficient (Wildman–Crippen LogP) is 3.76. The molecule has 6 nitrogen and oxygen atoms in total. The molecule has 3 heterocycles. The highest BCUT2D eigenvalue weighted by atomic mass is 32.1. The highest BCUT2D eigenvalue weighted by molar-refractivity contribution is 7.17. The third-order valence-electron chi connectivity index (χ3n) is 4.96. The van der Waals surface area contributed by atoms with Crippen molar-refractivity contribution < 1.29 is 14.3 Å². The molecular formula is C21H25N3O3S. The predicted molar refractivity (Wildman–Crippen MR) is 109 cm³/mol. The minimum absolute atomic E-state index is 0.0274. The smallest absolute Gasteiger partial charge is 0.260 e. The zero-order valence-electron chi connectivity index (χ0n) is 16.9. The van der Waals surface area contributed by atoms with Gasteiger partial charge in [-0.25, -0.2) is 4.98 Å².